The number of nitrogens with zero attached hydrogens (tertiary/aromatic N) is 6. The van der Waals surface area contributed by atoms with Gasteiger partial charge in [-0.25, -0.2) is 14.3 Å². The molecular weight excluding hydrogens is 463 g/mol. The fourth-order valence-electron chi connectivity index (χ4n) is 3.40. The van der Waals surface area contributed by atoms with Gasteiger partial charge in [0.15, 0.2) is 11.2 Å². The molecule has 0 unspecified atom stereocenters. The van der Waals surface area contributed by atoms with Crippen molar-refractivity contribution in [3.63, 3.8) is 0 Å². The van der Waals surface area contributed by atoms with Crippen molar-refractivity contribution in [2.24, 2.45) is 12.0 Å². The van der Waals surface area contributed by atoms with Gasteiger partial charge in [-0.2, -0.15) is 8.75 Å². The quantitative estimate of drug-likeness (QED) is 0.358. The molecule has 1 aliphatic heterocycles. The number of hydrogen-bond acceptors (Lipinski definition) is 9. The normalized spacial score (nSPS) is 15.4. The van der Waals surface area contributed by atoms with Crippen molar-refractivity contribution in [1.29, 1.82) is 0 Å². The Labute approximate surface area is 215 Å². The smallest absolute Gasteiger partial charge is 0.456 e. The SMILES string of the molecule is ClC1=CN=[C-]NC1.Cn1c(=O)n(-c2ccc(NC3CCCC3)nc2)c(=O)c2nsnc21.[Na+]. The van der Waals surface area contributed by atoms with E-state index in [1.54, 1.807) is 25.4 Å². The Balaban J connectivity index is 0.000000311. The zero-order chi connectivity index (χ0) is 21.8. The molecule has 1 saturated carbocycles. The van der Waals surface area contributed by atoms with E-state index < -0.39 is 11.2 Å². The first kappa shape index (κ1) is 24.6. The number of pyridine rings is 1. The number of hydrogen-bond donors (Lipinski definition) is 2. The van der Waals surface area contributed by atoms with Crippen LogP contribution in [-0.2, 0) is 7.05 Å². The van der Waals surface area contributed by atoms with Gasteiger partial charge in [0.25, 0.3) is 5.56 Å². The molecule has 3 aromatic rings. The Morgan fingerprint density at radius 1 is 1.25 bits per heavy atom. The van der Waals surface area contributed by atoms with E-state index in [4.69, 9.17) is 11.6 Å². The summed E-state index contributed by atoms with van der Waals surface area (Å²) in [6, 6.07) is 3.97. The van der Waals surface area contributed by atoms with E-state index >= 15 is 0 Å². The topological polar surface area (TPSA) is 119 Å². The zero-order valence-electron chi connectivity index (χ0n) is 17.7. The van der Waals surface area contributed by atoms with Crippen LogP contribution in [0.1, 0.15) is 25.7 Å². The van der Waals surface area contributed by atoms with Gasteiger partial charge >= 0.3 is 35.2 Å². The second-order valence-electron chi connectivity index (χ2n) is 7.12. The predicted molar refractivity (Wildman–Crippen MR) is 121 cm³/mol. The van der Waals surface area contributed by atoms with E-state index in [0.717, 1.165) is 40.0 Å². The number of aromatic nitrogens is 5. The van der Waals surface area contributed by atoms with Gasteiger partial charge in [-0.1, -0.05) is 19.2 Å². The molecule has 0 spiro atoms. The fourth-order valence-corrected chi connectivity index (χ4v) is 4.08. The number of halogens is 1. The second kappa shape index (κ2) is 11.2. The van der Waals surface area contributed by atoms with E-state index in [0.29, 0.717) is 23.9 Å². The van der Waals surface area contributed by atoms with Gasteiger partial charge in [0.1, 0.15) is 5.82 Å². The molecule has 0 atom stereocenters. The van der Waals surface area contributed by atoms with Crippen molar-refractivity contribution < 1.29 is 29.6 Å². The molecular formula is C19H20ClN8NaO2S. The molecule has 2 aliphatic rings. The zero-order valence-corrected chi connectivity index (χ0v) is 21.3. The Kier molecular flexibility index (Phi) is 8.60. The third kappa shape index (κ3) is 5.46. The number of aliphatic imine (C=N–C) groups is 1. The molecule has 0 aromatic carbocycles. The Bertz CT molecular complexity index is 1240. The molecule has 5 rings (SSSR count). The minimum Gasteiger partial charge on any atom is -0.456 e. The number of aryl methyl sites for hydroxylation is 1. The van der Waals surface area contributed by atoms with E-state index in [2.05, 4.69) is 35.7 Å². The van der Waals surface area contributed by atoms with E-state index in [9.17, 15) is 9.59 Å². The van der Waals surface area contributed by atoms with Gasteiger partial charge in [0.2, 0.25) is 0 Å². The first-order valence-corrected chi connectivity index (χ1v) is 10.8. The summed E-state index contributed by atoms with van der Waals surface area (Å²) in [5.41, 5.74) is -0.0138. The van der Waals surface area contributed by atoms with Crippen LogP contribution < -0.4 is 51.4 Å². The molecule has 2 N–H and O–H groups in total. The van der Waals surface area contributed by atoms with Gasteiger partial charge in [-0.05, 0) is 30.0 Å². The molecule has 0 amide bonds. The summed E-state index contributed by atoms with van der Waals surface area (Å²) in [6.45, 7) is 0.658. The van der Waals surface area contributed by atoms with Crippen LogP contribution in [0.5, 0.6) is 0 Å². The maximum atomic E-state index is 12.5. The van der Waals surface area contributed by atoms with Gasteiger partial charge < -0.3 is 15.6 Å². The molecule has 1 aliphatic carbocycles. The minimum absolute atomic E-state index is 0. The summed E-state index contributed by atoms with van der Waals surface area (Å²) < 4.78 is 10.4. The molecule has 162 valence electrons. The van der Waals surface area contributed by atoms with Crippen molar-refractivity contribution in [3.8, 4) is 5.69 Å². The fraction of sp³-hybridized carbons (Fsp3) is 0.368. The molecule has 0 saturated heterocycles. The molecule has 3 aromatic heterocycles. The predicted octanol–water partition coefficient (Wildman–Crippen LogP) is -1.13. The average Bonchev–Trinajstić information content (AvgIpc) is 3.47. The Morgan fingerprint density at radius 2 is 2.03 bits per heavy atom. The monoisotopic (exact) mass is 482 g/mol. The second-order valence-corrected chi connectivity index (χ2v) is 8.13. The summed E-state index contributed by atoms with van der Waals surface area (Å²) in [5, 5.41) is 6.82. The summed E-state index contributed by atoms with van der Waals surface area (Å²) in [4.78, 5) is 33.0. The van der Waals surface area contributed by atoms with Gasteiger partial charge in [0, 0.05) is 19.6 Å². The van der Waals surface area contributed by atoms with Crippen LogP contribution in [-0.4, -0.2) is 41.8 Å². The van der Waals surface area contributed by atoms with Crippen LogP contribution in [0.25, 0.3) is 16.9 Å². The molecule has 10 nitrogen and oxygen atoms in total. The van der Waals surface area contributed by atoms with E-state index in [1.807, 2.05) is 0 Å². The van der Waals surface area contributed by atoms with Crippen LogP contribution in [0.4, 0.5) is 5.82 Å². The van der Waals surface area contributed by atoms with Crippen LogP contribution in [0.15, 0.2) is 44.1 Å². The maximum Gasteiger partial charge on any atom is 1.00 e. The summed E-state index contributed by atoms with van der Waals surface area (Å²) in [7, 11) is 1.57. The number of rotatable bonds is 3. The van der Waals surface area contributed by atoms with E-state index in [1.165, 1.54) is 23.6 Å². The number of anilines is 1. The van der Waals surface area contributed by atoms with Gasteiger partial charge in [-0.15, -0.1) is 17.8 Å². The van der Waals surface area contributed by atoms with Gasteiger partial charge in [0.05, 0.1) is 23.6 Å². The minimum atomic E-state index is -0.472. The van der Waals surface area contributed by atoms with Crippen molar-refractivity contribution in [1.82, 2.24) is 28.2 Å². The van der Waals surface area contributed by atoms with E-state index in [-0.39, 0.29) is 35.1 Å². The van der Waals surface area contributed by atoms with Crippen LogP contribution in [0.2, 0.25) is 0 Å². The van der Waals surface area contributed by atoms with Crippen LogP contribution in [0.3, 0.4) is 0 Å². The van der Waals surface area contributed by atoms with Crippen molar-refractivity contribution >= 4 is 46.6 Å². The van der Waals surface area contributed by atoms with Crippen molar-refractivity contribution in [2.45, 2.75) is 31.7 Å². The summed E-state index contributed by atoms with van der Waals surface area (Å²) in [6.07, 6.45) is 10.4. The molecule has 1 fully saturated rings. The van der Waals surface area contributed by atoms with Crippen molar-refractivity contribution in [2.75, 3.05) is 11.9 Å². The number of nitrogens with one attached hydrogen (secondary N) is 2. The first-order chi connectivity index (χ1) is 15.0. The Hall–Kier alpha value is -2.05. The molecule has 13 heteroatoms. The summed E-state index contributed by atoms with van der Waals surface area (Å²) in [5.74, 6) is 0.756. The maximum absolute atomic E-state index is 12.5. The van der Waals surface area contributed by atoms with Crippen LogP contribution >= 0.6 is 23.3 Å². The largest absolute Gasteiger partial charge is 1.00 e. The van der Waals surface area contributed by atoms with Gasteiger partial charge in [-0.3, -0.25) is 9.36 Å². The number of fused-ring (bicyclic) bond motifs is 1. The van der Waals surface area contributed by atoms with Crippen molar-refractivity contribution in [3.05, 3.63) is 50.4 Å². The standard InChI is InChI=1S/C15H16N6O2S.C4H4ClN2.Na/c1-20-13-12(18-24-19-13)14(22)21(15(20)23)10-6-7-11(16-8-10)17-9-4-2-3-5-9;5-4-1-6-3-7-2-4;/h6-9H,2-5H2,1H3,(H,16,17);1H,2H2,(H,6,7);/q;-1;+1. The van der Waals surface area contributed by atoms with Crippen LogP contribution in [0, 0.1) is 0 Å². The molecule has 32 heavy (non-hydrogen) atoms. The molecule has 0 bridgehead atoms. The third-order valence-electron chi connectivity index (χ3n) is 4.99. The Morgan fingerprint density at radius 3 is 2.62 bits per heavy atom. The molecule has 0 radical (unpaired) electrons. The summed E-state index contributed by atoms with van der Waals surface area (Å²) >= 11 is 6.40. The molecule has 4 heterocycles. The average molecular weight is 483 g/mol. The third-order valence-corrected chi connectivity index (χ3v) is 5.74. The first-order valence-electron chi connectivity index (χ1n) is 9.74.